The zero-order valence-electron chi connectivity index (χ0n) is 20.4. The van der Waals surface area contributed by atoms with Gasteiger partial charge >= 0.3 is 26.2 Å². The Morgan fingerprint density at radius 1 is 0.811 bits per heavy atom. The molecule has 216 valence electrons. The summed E-state index contributed by atoms with van der Waals surface area (Å²) in [7, 11) is 10.9. The Hall–Kier alpha value is -0.910. The van der Waals surface area contributed by atoms with Gasteiger partial charge in [0.2, 0.25) is 11.8 Å². The molecule has 0 N–H and O–H groups in total. The van der Waals surface area contributed by atoms with Gasteiger partial charge < -0.3 is 14.2 Å². The van der Waals surface area contributed by atoms with Crippen LogP contribution < -0.4 is 0 Å². The van der Waals surface area contributed by atoms with Crippen LogP contribution in [0.4, 0.5) is 0 Å². The van der Waals surface area contributed by atoms with Gasteiger partial charge in [0.05, 0.1) is 0 Å². The maximum atomic E-state index is 11.1. The number of thioether (sulfide) groups is 1. The number of carbonyl (C=O) groups excluding carboxylic acids is 6. The third kappa shape index (κ3) is 33.1. The number of hydrogen-bond acceptors (Lipinski definition) is 14. The lowest BCUT2D eigenvalue weighted by atomic mass is 10.4. The number of rotatable bonds is 10. The van der Waals surface area contributed by atoms with Gasteiger partial charge in [-0.15, -0.1) is 0 Å². The van der Waals surface area contributed by atoms with Crippen LogP contribution in [-0.2, 0) is 51.2 Å². The Balaban J connectivity index is -0.000000445. The van der Waals surface area contributed by atoms with Crippen molar-refractivity contribution in [1.29, 1.82) is 0 Å². The molecule has 19 heteroatoms. The largest absolute Gasteiger partial charge is 0.454 e. The van der Waals surface area contributed by atoms with Gasteiger partial charge in [0.25, 0.3) is 0 Å². The number of halogens is 3. The van der Waals surface area contributed by atoms with Crippen LogP contribution in [0.25, 0.3) is 0 Å². The summed E-state index contributed by atoms with van der Waals surface area (Å²) in [6, 6.07) is 0. The molecule has 1 saturated heterocycles. The molecule has 0 aromatic heterocycles. The molecule has 0 bridgehead atoms. The maximum absolute atomic E-state index is 11.1. The van der Waals surface area contributed by atoms with Crippen LogP contribution in [0.1, 0.15) is 59.8 Å². The summed E-state index contributed by atoms with van der Waals surface area (Å²) in [5.74, 6) is -0.844. The summed E-state index contributed by atoms with van der Waals surface area (Å²) in [5.41, 5.74) is 0. The minimum Gasteiger partial charge on any atom is -0.454 e. The summed E-state index contributed by atoms with van der Waals surface area (Å²) in [6.07, 6.45) is 1.58. The van der Waals surface area contributed by atoms with E-state index in [1.54, 1.807) is 20.8 Å². The number of nitrogens with zero attached hydrogens (tertiary/aromatic N) is 1. The Kier molecular flexibility index (Phi) is 27.8. The summed E-state index contributed by atoms with van der Waals surface area (Å²) in [6.45, 7) is 6.56. The van der Waals surface area contributed by atoms with Crippen molar-refractivity contribution in [2.75, 3.05) is 17.8 Å². The van der Waals surface area contributed by atoms with Crippen LogP contribution >= 0.6 is 66.7 Å². The summed E-state index contributed by atoms with van der Waals surface area (Å²) < 4.78 is 33.2. The molecule has 0 unspecified atom stereocenters. The molecule has 0 saturated carbocycles. The third-order valence-corrected chi connectivity index (χ3v) is 5.03. The Bertz CT molecular complexity index is 821. The van der Waals surface area contributed by atoms with Crippen LogP contribution in [0.15, 0.2) is 0 Å². The van der Waals surface area contributed by atoms with Crippen LogP contribution in [0, 0.1) is 0 Å². The molecule has 2 amide bonds. The van der Waals surface area contributed by atoms with Crippen LogP contribution in [0.3, 0.4) is 0 Å². The van der Waals surface area contributed by atoms with E-state index < -0.39 is 8.26 Å². The lowest BCUT2D eigenvalue weighted by molar-refractivity contribution is -0.142. The molecule has 0 radical (unpaired) electrons. The summed E-state index contributed by atoms with van der Waals surface area (Å²) in [5, 5.41) is -0.0381. The predicted molar refractivity (Wildman–Crippen MR) is 145 cm³/mol. The molecule has 0 aromatic carbocycles. The van der Waals surface area contributed by atoms with Gasteiger partial charge in [-0.25, -0.2) is 4.31 Å². The molecule has 0 aromatic rings. The van der Waals surface area contributed by atoms with E-state index in [-0.39, 0.29) is 65.5 Å². The van der Waals surface area contributed by atoms with Crippen molar-refractivity contribution >= 4 is 110 Å². The molecule has 0 atom stereocenters. The SMILES string of the molecule is CCC(=O)OCSC(C)=O.CCC(=O)OCSCl.CCC(=O)OCSN1C(=O)CCC1=O.O=S(=O)(Cl)Cl. The first-order chi connectivity index (χ1) is 17.1. The van der Waals surface area contributed by atoms with E-state index in [1.165, 1.54) is 6.92 Å². The quantitative estimate of drug-likeness (QED) is 0.0804. The summed E-state index contributed by atoms with van der Waals surface area (Å²) in [4.78, 5) is 63.9. The van der Waals surface area contributed by atoms with Crippen molar-refractivity contribution < 1.29 is 51.4 Å². The first kappa shape index (κ1) is 40.6. The van der Waals surface area contributed by atoms with Gasteiger partial charge in [-0.3, -0.25) is 28.8 Å². The molecule has 1 aliphatic heterocycles. The van der Waals surface area contributed by atoms with E-state index in [4.69, 9.17) is 23.8 Å². The van der Waals surface area contributed by atoms with E-state index in [2.05, 4.69) is 30.8 Å². The molecule has 12 nitrogen and oxygen atoms in total. The first-order valence-electron chi connectivity index (χ1n) is 10.1. The van der Waals surface area contributed by atoms with Crippen molar-refractivity contribution in [1.82, 2.24) is 4.31 Å². The fraction of sp³-hybridized carbons (Fsp3) is 0.667. The first-order valence-corrected chi connectivity index (χ1v) is 17.0. The smallest absolute Gasteiger partial charge is 0.317 e. The normalized spacial score (nSPS) is 12.0. The molecule has 0 spiro atoms. The number of esters is 3. The van der Waals surface area contributed by atoms with Gasteiger partial charge in [0.15, 0.2) is 17.0 Å². The maximum Gasteiger partial charge on any atom is 0.317 e. The third-order valence-electron chi connectivity index (χ3n) is 3.02. The van der Waals surface area contributed by atoms with Gasteiger partial charge in [0.1, 0.15) is 5.94 Å². The standard InChI is InChI=1S/C8H11NO4S.C6H10O3S.C4H7ClO2S.Cl2O2S/c1-2-8(12)13-5-14-9-6(10)3-4-7(9)11;1-3-6(8)9-4-10-5(2)7;1-2-4(6)7-3-8-5;1-5(2,3)4/h2-5H2,1H3;3-4H2,1-2H3;2-3H2,1H3;. The number of carbonyl (C=O) groups is 6. The Labute approximate surface area is 242 Å². The zero-order valence-corrected chi connectivity index (χ0v) is 25.9. The van der Waals surface area contributed by atoms with Gasteiger partial charge in [-0.1, -0.05) is 20.8 Å². The van der Waals surface area contributed by atoms with Crippen LogP contribution in [0.5, 0.6) is 0 Å². The highest BCUT2D eigenvalue weighted by molar-refractivity contribution is 8.31. The summed E-state index contributed by atoms with van der Waals surface area (Å²) >= 11 is 1.93. The molecule has 1 heterocycles. The van der Waals surface area contributed by atoms with Crippen molar-refractivity contribution in [3.63, 3.8) is 0 Å². The minimum atomic E-state index is -3.72. The topological polar surface area (TPSA) is 167 Å². The van der Waals surface area contributed by atoms with E-state index >= 15 is 0 Å². The molecule has 0 aliphatic carbocycles. The average molecular weight is 669 g/mol. The van der Waals surface area contributed by atoms with E-state index in [9.17, 15) is 28.8 Å². The molecule has 1 aliphatic rings. The predicted octanol–water partition coefficient (Wildman–Crippen LogP) is 4.36. The highest BCUT2D eigenvalue weighted by atomic mass is 36.0. The molecule has 1 fully saturated rings. The second-order valence-electron chi connectivity index (χ2n) is 5.80. The minimum absolute atomic E-state index is 0.0180. The molecular formula is C18H28Cl3NO11S4. The van der Waals surface area contributed by atoms with Gasteiger partial charge in [-0.2, -0.15) is 8.42 Å². The van der Waals surface area contributed by atoms with Crippen molar-refractivity contribution in [2.24, 2.45) is 0 Å². The Morgan fingerprint density at radius 3 is 1.49 bits per heavy atom. The fourth-order valence-electron chi connectivity index (χ4n) is 1.42. The number of ether oxygens (including phenoxy) is 3. The van der Waals surface area contributed by atoms with Crippen molar-refractivity contribution in [3.05, 3.63) is 0 Å². The highest BCUT2D eigenvalue weighted by Crippen LogP contribution is 2.21. The number of hydrogen-bond donors (Lipinski definition) is 0. The van der Waals surface area contributed by atoms with Crippen LogP contribution in [0.2, 0.25) is 0 Å². The molecular weight excluding hydrogens is 641 g/mol. The average Bonchev–Trinajstić information content (AvgIpc) is 3.13. The van der Waals surface area contributed by atoms with E-state index in [0.29, 0.717) is 19.3 Å². The molecule has 1 rings (SSSR count). The van der Waals surface area contributed by atoms with Crippen LogP contribution in [-0.4, -0.2) is 65.4 Å². The van der Waals surface area contributed by atoms with Crippen molar-refractivity contribution in [3.8, 4) is 0 Å². The highest BCUT2D eigenvalue weighted by Gasteiger charge is 2.29. The van der Waals surface area contributed by atoms with Gasteiger partial charge in [-0.05, 0) is 33.4 Å². The monoisotopic (exact) mass is 667 g/mol. The molecule has 37 heavy (non-hydrogen) atoms. The second-order valence-corrected chi connectivity index (χ2v) is 12.5. The van der Waals surface area contributed by atoms with Gasteiger partial charge in [0, 0.05) is 72.3 Å². The second kappa shape index (κ2) is 25.4. The zero-order chi connectivity index (χ0) is 29.4. The van der Waals surface area contributed by atoms with E-state index in [0.717, 1.165) is 39.0 Å². The number of imide groups is 1. The lowest BCUT2D eigenvalue weighted by Crippen LogP contribution is -2.22. The number of amides is 2. The fourth-order valence-corrected chi connectivity index (χ4v) is 2.84. The Morgan fingerprint density at radius 2 is 1.16 bits per heavy atom. The van der Waals surface area contributed by atoms with E-state index in [1.807, 2.05) is 0 Å². The van der Waals surface area contributed by atoms with Crippen molar-refractivity contribution in [2.45, 2.75) is 59.8 Å². The lowest BCUT2D eigenvalue weighted by Gasteiger charge is -2.11.